The second-order valence-electron chi connectivity index (χ2n) is 6.95. The summed E-state index contributed by atoms with van der Waals surface area (Å²) in [6, 6.07) is 8.81. The highest BCUT2D eigenvalue weighted by molar-refractivity contribution is 5.73. The lowest BCUT2D eigenvalue weighted by molar-refractivity contribution is 0.258. The summed E-state index contributed by atoms with van der Waals surface area (Å²) < 4.78 is 0. The van der Waals surface area contributed by atoms with E-state index in [4.69, 9.17) is 5.73 Å². The molecule has 3 rings (SSSR count). The highest BCUT2D eigenvalue weighted by Gasteiger charge is 2.33. The molecule has 1 aliphatic carbocycles. The van der Waals surface area contributed by atoms with Crippen molar-refractivity contribution in [3.05, 3.63) is 24.3 Å². The van der Waals surface area contributed by atoms with Gasteiger partial charge in [0.1, 0.15) is 0 Å². The molecule has 2 aliphatic rings. The number of anilines is 2. The van der Waals surface area contributed by atoms with Crippen molar-refractivity contribution in [1.29, 1.82) is 0 Å². The van der Waals surface area contributed by atoms with Gasteiger partial charge in [0, 0.05) is 32.1 Å². The van der Waals surface area contributed by atoms with Crippen LogP contribution in [0.3, 0.4) is 0 Å². The number of hydrogen-bond acceptors (Lipinski definition) is 3. The van der Waals surface area contributed by atoms with Gasteiger partial charge in [-0.25, -0.2) is 0 Å². The van der Waals surface area contributed by atoms with Gasteiger partial charge in [-0.15, -0.1) is 0 Å². The third-order valence-corrected chi connectivity index (χ3v) is 5.46. The van der Waals surface area contributed by atoms with Crippen LogP contribution in [-0.4, -0.2) is 33.2 Å². The normalized spacial score (nSPS) is 21.8. The zero-order chi connectivity index (χ0) is 14.7. The Morgan fingerprint density at radius 1 is 1.00 bits per heavy atom. The highest BCUT2D eigenvalue weighted by atomic mass is 15.3. The van der Waals surface area contributed by atoms with Crippen LogP contribution < -0.4 is 15.5 Å². The molecule has 1 saturated carbocycles. The standard InChI is InChI=1S/C18H29N3/c1-20-12-13-21(17-9-5-4-8-16(17)20)15-18(14-19)10-6-2-3-7-11-18/h4-5,8-9H,2-3,6-7,10-15,19H2,1H3. The quantitative estimate of drug-likeness (QED) is 0.866. The average Bonchev–Trinajstić information content (AvgIpc) is 2.77. The van der Waals surface area contributed by atoms with Crippen LogP contribution in [0.4, 0.5) is 11.4 Å². The van der Waals surface area contributed by atoms with Crippen LogP contribution in [0.25, 0.3) is 0 Å². The Balaban J connectivity index is 1.82. The van der Waals surface area contributed by atoms with E-state index < -0.39 is 0 Å². The second kappa shape index (κ2) is 6.27. The molecule has 1 fully saturated rings. The first-order chi connectivity index (χ1) is 10.2. The Kier molecular flexibility index (Phi) is 4.39. The minimum atomic E-state index is 0.333. The molecular weight excluding hydrogens is 258 g/mol. The number of benzene rings is 1. The van der Waals surface area contributed by atoms with Gasteiger partial charge in [-0.1, -0.05) is 37.8 Å². The van der Waals surface area contributed by atoms with Gasteiger partial charge < -0.3 is 15.5 Å². The van der Waals surface area contributed by atoms with Crippen molar-refractivity contribution in [3.8, 4) is 0 Å². The lowest BCUT2D eigenvalue weighted by Gasteiger charge is -2.43. The number of para-hydroxylation sites is 2. The van der Waals surface area contributed by atoms with Gasteiger partial charge >= 0.3 is 0 Å². The van der Waals surface area contributed by atoms with Crippen molar-refractivity contribution in [2.75, 3.05) is 43.0 Å². The molecule has 2 N–H and O–H groups in total. The first-order valence-corrected chi connectivity index (χ1v) is 8.49. The van der Waals surface area contributed by atoms with E-state index in [1.165, 1.54) is 49.9 Å². The predicted octanol–water partition coefficient (Wildman–Crippen LogP) is 3.24. The first kappa shape index (κ1) is 14.7. The third-order valence-electron chi connectivity index (χ3n) is 5.46. The van der Waals surface area contributed by atoms with Gasteiger partial charge in [-0.2, -0.15) is 0 Å². The number of nitrogens with zero attached hydrogens (tertiary/aromatic N) is 2. The molecule has 0 bridgehead atoms. The number of fused-ring (bicyclic) bond motifs is 1. The molecule has 0 spiro atoms. The Hall–Kier alpha value is -1.22. The molecule has 1 aromatic rings. The van der Waals surface area contributed by atoms with E-state index in [1.807, 2.05) is 0 Å². The summed E-state index contributed by atoms with van der Waals surface area (Å²) in [6.45, 7) is 4.20. The molecule has 21 heavy (non-hydrogen) atoms. The fourth-order valence-corrected chi connectivity index (χ4v) is 4.04. The molecule has 0 aromatic heterocycles. The highest BCUT2D eigenvalue weighted by Crippen LogP contribution is 2.39. The Morgan fingerprint density at radius 2 is 1.67 bits per heavy atom. The average molecular weight is 287 g/mol. The molecule has 0 saturated heterocycles. The monoisotopic (exact) mass is 287 g/mol. The van der Waals surface area contributed by atoms with Crippen molar-refractivity contribution in [2.45, 2.75) is 38.5 Å². The molecule has 0 atom stereocenters. The third kappa shape index (κ3) is 3.03. The lowest BCUT2D eigenvalue weighted by Crippen LogP contribution is -2.47. The number of rotatable bonds is 3. The van der Waals surface area contributed by atoms with Crippen LogP contribution in [0.1, 0.15) is 38.5 Å². The molecule has 0 amide bonds. The molecule has 1 aliphatic heterocycles. The molecule has 3 nitrogen and oxygen atoms in total. The number of nitrogens with two attached hydrogens (primary N) is 1. The van der Waals surface area contributed by atoms with Gasteiger partial charge in [-0.05, 0) is 31.5 Å². The van der Waals surface area contributed by atoms with Gasteiger partial charge in [0.25, 0.3) is 0 Å². The fraction of sp³-hybridized carbons (Fsp3) is 0.667. The van der Waals surface area contributed by atoms with Crippen molar-refractivity contribution in [1.82, 2.24) is 0 Å². The van der Waals surface area contributed by atoms with E-state index in [0.29, 0.717) is 5.41 Å². The van der Waals surface area contributed by atoms with E-state index >= 15 is 0 Å². The summed E-state index contributed by atoms with van der Waals surface area (Å²) >= 11 is 0. The maximum Gasteiger partial charge on any atom is 0.0604 e. The predicted molar refractivity (Wildman–Crippen MR) is 91.1 cm³/mol. The smallest absolute Gasteiger partial charge is 0.0604 e. The molecule has 0 unspecified atom stereocenters. The van der Waals surface area contributed by atoms with E-state index in [1.54, 1.807) is 0 Å². The van der Waals surface area contributed by atoms with E-state index in [0.717, 1.165) is 26.2 Å². The van der Waals surface area contributed by atoms with Crippen molar-refractivity contribution in [2.24, 2.45) is 11.1 Å². The van der Waals surface area contributed by atoms with Crippen LogP contribution in [0, 0.1) is 5.41 Å². The van der Waals surface area contributed by atoms with Gasteiger partial charge in [-0.3, -0.25) is 0 Å². The zero-order valence-electron chi connectivity index (χ0n) is 13.4. The summed E-state index contributed by atoms with van der Waals surface area (Å²) in [5, 5.41) is 0. The van der Waals surface area contributed by atoms with Crippen molar-refractivity contribution in [3.63, 3.8) is 0 Å². The molecule has 1 heterocycles. The van der Waals surface area contributed by atoms with Crippen LogP contribution in [-0.2, 0) is 0 Å². The van der Waals surface area contributed by atoms with E-state index in [9.17, 15) is 0 Å². The second-order valence-corrected chi connectivity index (χ2v) is 6.95. The summed E-state index contributed by atoms with van der Waals surface area (Å²) in [5.41, 5.74) is 9.33. The Bertz CT molecular complexity index is 463. The van der Waals surface area contributed by atoms with Crippen LogP contribution in [0.5, 0.6) is 0 Å². The molecule has 1 aromatic carbocycles. The van der Waals surface area contributed by atoms with Crippen LogP contribution in [0.2, 0.25) is 0 Å². The Morgan fingerprint density at radius 3 is 2.33 bits per heavy atom. The fourth-order valence-electron chi connectivity index (χ4n) is 4.04. The van der Waals surface area contributed by atoms with Crippen molar-refractivity contribution < 1.29 is 0 Å². The SMILES string of the molecule is CN1CCN(CC2(CN)CCCCCC2)c2ccccc21. The van der Waals surface area contributed by atoms with E-state index in [2.05, 4.69) is 41.1 Å². The Labute approximate surface area is 129 Å². The van der Waals surface area contributed by atoms with Gasteiger partial charge in [0.15, 0.2) is 0 Å². The number of hydrogen-bond donors (Lipinski definition) is 1. The lowest BCUT2D eigenvalue weighted by atomic mass is 9.79. The van der Waals surface area contributed by atoms with Gasteiger partial charge in [0.2, 0.25) is 0 Å². The minimum Gasteiger partial charge on any atom is -0.371 e. The molecular formula is C18H29N3. The summed E-state index contributed by atoms with van der Waals surface area (Å²) in [6.07, 6.45) is 8.09. The van der Waals surface area contributed by atoms with Crippen LogP contribution in [0.15, 0.2) is 24.3 Å². The maximum atomic E-state index is 6.24. The van der Waals surface area contributed by atoms with Crippen LogP contribution >= 0.6 is 0 Å². The largest absolute Gasteiger partial charge is 0.371 e. The topological polar surface area (TPSA) is 32.5 Å². The van der Waals surface area contributed by atoms with Gasteiger partial charge in [0.05, 0.1) is 11.4 Å². The molecule has 116 valence electrons. The maximum absolute atomic E-state index is 6.24. The van der Waals surface area contributed by atoms with Crippen molar-refractivity contribution >= 4 is 11.4 Å². The summed E-state index contributed by atoms with van der Waals surface area (Å²) in [4.78, 5) is 4.96. The molecule has 0 radical (unpaired) electrons. The summed E-state index contributed by atoms with van der Waals surface area (Å²) in [5.74, 6) is 0. The first-order valence-electron chi connectivity index (χ1n) is 8.49. The minimum absolute atomic E-state index is 0.333. The summed E-state index contributed by atoms with van der Waals surface area (Å²) in [7, 11) is 2.19. The zero-order valence-corrected chi connectivity index (χ0v) is 13.4. The van der Waals surface area contributed by atoms with E-state index in [-0.39, 0.29) is 0 Å². The molecule has 3 heteroatoms. The number of likely N-dealkylation sites (N-methyl/N-ethyl adjacent to an activating group) is 1.